The molecule has 92 valence electrons. The number of benzene rings is 1. The summed E-state index contributed by atoms with van der Waals surface area (Å²) in [4.78, 5) is 14.3. The van der Waals surface area contributed by atoms with Gasteiger partial charge in [0.05, 0.1) is 4.88 Å². The van der Waals surface area contributed by atoms with Crippen molar-refractivity contribution in [2.45, 2.75) is 26.2 Å². The smallest absolute Gasteiger partial charge is 0.265 e. The molecule has 0 atom stereocenters. The Morgan fingerprint density at radius 1 is 1.22 bits per heavy atom. The Kier molecular flexibility index (Phi) is 2.92. The van der Waals surface area contributed by atoms with Crippen molar-refractivity contribution in [3.63, 3.8) is 0 Å². The molecule has 0 spiro atoms. The number of nitrogens with one attached hydrogen (secondary N) is 1. The third kappa shape index (κ3) is 2.18. The first-order valence-corrected chi connectivity index (χ1v) is 7.03. The SMILES string of the molecule is Cc1ccc(NC(=O)c2cc3c(s2)CCC3)cc1. The molecule has 1 heterocycles. The van der Waals surface area contributed by atoms with Gasteiger partial charge >= 0.3 is 0 Å². The summed E-state index contributed by atoms with van der Waals surface area (Å²) in [5, 5.41) is 2.95. The highest BCUT2D eigenvalue weighted by Gasteiger charge is 2.18. The summed E-state index contributed by atoms with van der Waals surface area (Å²) in [7, 11) is 0. The van der Waals surface area contributed by atoms with Gasteiger partial charge in [0.25, 0.3) is 5.91 Å². The monoisotopic (exact) mass is 257 g/mol. The maximum atomic E-state index is 12.1. The highest BCUT2D eigenvalue weighted by Crippen LogP contribution is 2.30. The molecule has 1 aromatic carbocycles. The Hall–Kier alpha value is -1.61. The molecular formula is C15H15NOS. The van der Waals surface area contributed by atoms with Gasteiger partial charge in [-0.1, -0.05) is 17.7 Å². The van der Waals surface area contributed by atoms with Crippen molar-refractivity contribution in [2.24, 2.45) is 0 Å². The van der Waals surface area contributed by atoms with Gasteiger partial charge in [0.1, 0.15) is 0 Å². The van der Waals surface area contributed by atoms with Gasteiger partial charge < -0.3 is 5.32 Å². The summed E-state index contributed by atoms with van der Waals surface area (Å²) in [6.45, 7) is 2.04. The van der Waals surface area contributed by atoms with Crippen LogP contribution in [-0.2, 0) is 12.8 Å². The molecular weight excluding hydrogens is 242 g/mol. The molecule has 3 heteroatoms. The Bertz CT molecular complexity index is 562. The summed E-state index contributed by atoms with van der Waals surface area (Å²) in [5.41, 5.74) is 3.43. The molecule has 1 aromatic heterocycles. The first-order valence-electron chi connectivity index (χ1n) is 6.22. The van der Waals surface area contributed by atoms with E-state index >= 15 is 0 Å². The van der Waals surface area contributed by atoms with E-state index in [0.29, 0.717) is 0 Å². The molecule has 2 aromatic rings. The van der Waals surface area contributed by atoms with Gasteiger partial charge in [-0.3, -0.25) is 4.79 Å². The molecule has 0 fully saturated rings. The number of hydrogen-bond donors (Lipinski definition) is 1. The third-order valence-corrected chi connectivity index (χ3v) is 4.52. The topological polar surface area (TPSA) is 29.1 Å². The fourth-order valence-electron chi connectivity index (χ4n) is 2.27. The Labute approximate surface area is 111 Å². The largest absolute Gasteiger partial charge is 0.321 e. The van der Waals surface area contributed by atoms with Gasteiger partial charge in [-0.25, -0.2) is 0 Å². The van der Waals surface area contributed by atoms with E-state index < -0.39 is 0 Å². The number of carbonyl (C=O) groups is 1. The van der Waals surface area contributed by atoms with E-state index in [1.54, 1.807) is 11.3 Å². The van der Waals surface area contributed by atoms with Gasteiger partial charge in [-0.05, 0) is 49.9 Å². The number of hydrogen-bond acceptors (Lipinski definition) is 2. The Balaban J connectivity index is 1.76. The number of thiophene rings is 1. The Morgan fingerprint density at radius 3 is 2.72 bits per heavy atom. The first kappa shape index (κ1) is 11.5. The lowest BCUT2D eigenvalue weighted by atomic mass is 10.2. The van der Waals surface area contributed by atoms with Crippen LogP contribution in [0.2, 0.25) is 0 Å². The number of anilines is 1. The molecule has 0 radical (unpaired) electrons. The average Bonchev–Trinajstić information content (AvgIpc) is 2.92. The fourth-order valence-corrected chi connectivity index (χ4v) is 3.42. The van der Waals surface area contributed by atoms with Crippen molar-refractivity contribution in [3.8, 4) is 0 Å². The van der Waals surface area contributed by atoms with Crippen LogP contribution in [0.3, 0.4) is 0 Å². The second-order valence-electron chi connectivity index (χ2n) is 4.73. The molecule has 0 bridgehead atoms. The number of carbonyl (C=O) groups excluding carboxylic acids is 1. The molecule has 2 nitrogen and oxygen atoms in total. The van der Waals surface area contributed by atoms with Crippen molar-refractivity contribution < 1.29 is 4.79 Å². The highest BCUT2D eigenvalue weighted by atomic mass is 32.1. The molecule has 0 saturated carbocycles. The van der Waals surface area contributed by atoms with E-state index in [1.165, 1.54) is 22.4 Å². The zero-order chi connectivity index (χ0) is 12.5. The van der Waals surface area contributed by atoms with E-state index in [4.69, 9.17) is 0 Å². The normalized spacial score (nSPS) is 13.4. The minimum atomic E-state index is 0.0123. The molecule has 18 heavy (non-hydrogen) atoms. The van der Waals surface area contributed by atoms with Gasteiger partial charge in [0.2, 0.25) is 0 Å². The standard InChI is InChI=1S/C15H15NOS/c1-10-5-7-12(8-6-10)16-15(17)14-9-11-3-2-4-13(11)18-14/h5-9H,2-4H2,1H3,(H,16,17). The van der Waals surface area contributed by atoms with Crippen molar-refractivity contribution >= 4 is 22.9 Å². The molecule has 1 aliphatic carbocycles. The second kappa shape index (κ2) is 4.58. The summed E-state index contributed by atoms with van der Waals surface area (Å²) in [5.74, 6) is 0.0123. The van der Waals surface area contributed by atoms with Crippen molar-refractivity contribution in [3.05, 3.63) is 51.2 Å². The molecule has 0 unspecified atom stereocenters. The van der Waals surface area contributed by atoms with Gasteiger partial charge in [0.15, 0.2) is 0 Å². The number of amides is 1. The predicted molar refractivity (Wildman–Crippen MR) is 75.5 cm³/mol. The lowest BCUT2D eigenvalue weighted by Gasteiger charge is -2.03. The second-order valence-corrected chi connectivity index (χ2v) is 5.87. The molecule has 1 N–H and O–H groups in total. The summed E-state index contributed by atoms with van der Waals surface area (Å²) >= 11 is 1.64. The minimum Gasteiger partial charge on any atom is -0.321 e. The average molecular weight is 257 g/mol. The van der Waals surface area contributed by atoms with Crippen LogP contribution >= 0.6 is 11.3 Å². The van der Waals surface area contributed by atoms with Crippen LogP contribution in [0.15, 0.2) is 30.3 Å². The van der Waals surface area contributed by atoms with Crippen LogP contribution < -0.4 is 5.32 Å². The van der Waals surface area contributed by atoms with E-state index in [-0.39, 0.29) is 5.91 Å². The van der Waals surface area contributed by atoms with Gasteiger partial charge in [-0.2, -0.15) is 0 Å². The van der Waals surface area contributed by atoms with Crippen molar-refractivity contribution in [1.29, 1.82) is 0 Å². The Morgan fingerprint density at radius 2 is 2.00 bits per heavy atom. The van der Waals surface area contributed by atoms with Crippen LogP contribution in [-0.4, -0.2) is 5.91 Å². The summed E-state index contributed by atoms with van der Waals surface area (Å²) < 4.78 is 0. The lowest BCUT2D eigenvalue weighted by Crippen LogP contribution is -2.10. The van der Waals surface area contributed by atoms with Crippen molar-refractivity contribution in [1.82, 2.24) is 0 Å². The maximum absolute atomic E-state index is 12.1. The molecule has 0 saturated heterocycles. The van der Waals surface area contributed by atoms with E-state index in [0.717, 1.165) is 23.4 Å². The van der Waals surface area contributed by atoms with Gasteiger partial charge in [-0.15, -0.1) is 11.3 Å². The van der Waals surface area contributed by atoms with Gasteiger partial charge in [0, 0.05) is 10.6 Å². The lowest BCUT2D eigenvalue weighted by molar-refractivity contribution is 0.103. The highest BCUT2D eigenvalue weighted by molar-refractivity contribution is 7.14. The number of aryl methyl sites for hydroxylation is 3. The van der Waals surface area contributed by atoms with Crippen LogP contribution in [0.1, 0.15) is 32.1 Å². The van der Waals surface area contributed by atoms with Crippen LogP contribution in [0, 0.1) is 6.92 Å². The quantitative estimate of drug-likeness (QED) is 0.871. The molecule has 1 aliphatic rings. The minimum absolute atomic E-state index is 0.0123. The maximum Gasteiger partial charge on any atom is 0.265 e. The zero-order valence-corrected chi connectivity index (χ0v) is 11.1. The number of rotatable bonds is 2. The predicted octanol–water partition coefficient (Wildman–Crippen LogP) is 3.80. The fraction of sp³-hybridized carbons (Fsp3) is 0.267. The summed E-state index contributed by atoms with van der Waals surface area (Å²) in [6, 6.07) is 9.94. The first-order chi connectivity index (χ1) is 8.72. The molecule has 3 rings (SSSR count). The van der Waals surface area contributed by atoms with Crippen LogP contribution in [0.5, 0.6) is 0 Å². The number of fused-ring (bicyclic) bond motifs is 1. The van der Waals surface area contributed by atoms with E-state index in [2.05, 4.69) is 11.4 Å². The van der Waals surface area contributed by atoms with Crippen LogP contribution in [0.4, 0.5) is 5.69 Å². The summed E-state index contributed by atoms with van der Waals surface area (Å²) in [6.07, 6.45) is 3.50. The van der Waals surface area contributed by atoms with E-state index in [9.17, 15) is 4.79 Å². The zero-order valence-electron chi connectivity index (χ0n) is 10.3. The van der Waals surface area contributed by atoms with E-state index in [1.807, 2.05) is 31.2 Å². The van der Waals surface area contributed by atoms with Crippen LogP contribution in [0.25, 0.3) is 0 Å². The van der Waals surface area contributed by atoms with Crippen molar-refractivity contribution in [2.75, 3.05) is 5.32 Å². The third-order valence-electron chi connectivity index (χ3n) is 3.28. The molecule has 0 aliphatic heterocycles. The molecule has 1 amide bonds.